The molecule has 1 aliphatic heterocycles. The second-order valence-electron chi connectivity index (χ2n) is 1.83. The SMILES string of the molecule is C[C@@H]1[C@@H](C)N1Cl. The summed E-state index contributed by atoms with van der Waals surface area (Å²) >= 11 is 5.52. The van der Waals surface area contributed by atoms with Gasteiger partial charge in [-0.25, -0.2) is 4.42 Å². The van der Waals surface area contributed by atoms with Crippen molar-refractivity contribution in [3.8, 4) is 0 Å². The zero-order chi connectivity index (χ0) is 4.73. The molecule has 36 valence electrons. The molecule has 1 fully saturated rings. The predicted molar refractivity (Wildman–Crippen MR) is 26.6 cm³/mol. The Balaban J connectivity index is 2.31. The Labute approximate surface area is 43.0 Å². The standard InChI is InChI=1S/C4H8ClN/c1-3-4(2)6(3)5/h3-4H,1-2H3/t3-,4-/m1/s1. The van der Waals surface area contributed by atoms with Gasteiger partial charge in [0.2, 0.25) is 0 Å². The van der Waals surface area contributed by atoms with Gasteiger partial charge in [-0.15, -0.1) is 0 Å². The molecular formula is C4H8ClN. The van der Waals surface area contributed by atoms with Crippen molar-refractivity contribution in [1.29, 1.82) is 0 Å². The Morgan fingerprint density at radius 1 is 1.33 bits per heavy atom. The third-order valence-electron chi connectivity index (χ3n) is 1.39. The fourth-order valence-electron chi connectivity index (χ4n) is 0.459. The maximum atomic E-state index is 5.52. The summed E-state index contributed by atoms with van der Waals surface area (Å²) in [5.41, 5.74) is 0. The molecule has 6 heavy (non-hydrogen) atoms. The lowest BCUT2D eigenvalue weighted by molar-refractivity contribution is 0.793. The second-order valence-corrected chi connectivity index (χ2v) is 2.22. The van der Waals surface area contributed by atoms with Crippen molar-refractivity contribution in [2.45, 2.75) is 25.9 Å². The number of halogens is 1. The first-order valence-electron chi connectivity index (χ1n) is 2.17. The molecule has 0 radical (unpaired) electrons. The van der Waals surface area contributed by atoms with Gasteiger partial charge < -0.3 is 0 Å². The molecule has 0 aliphatic carbocycles. The van der Waals surface area contributed by atoms with Crippen molar-refractivity contribution < 1.29 is 0 Å². The average Bonchev–Trinajstić information content (AvgIpc) is 1.94. The van der Waals surface area contributed by atoms with Gasteiger partial charge in [0.05, 0.1) is 0 Å². The van der Waals surface area contributed by atoms with Gasteiger partial charge in [-0.2, -0.15) is 0 Å². The highest BCUT2D eigenvalue weighted by Crippen LogP contribution is 2.28. The normalized spacial score (nSPS) is 55.5. The fraction of sp³-hybridized carbons (Fsp3) is 1.00. The number of nitrogens with zero attached hydrogens (tertiary/aromatic N) is 1. The van der Waals surface area contributed by atoms with Crippen LogP contribution in [-0.4, -0.2) is 16.5 Å². The summed E-state index contributed by atoms with van der Waals surface area (Å²) in [7, 11) is 0. The molecule has 1 nitrogen and oxygen atoms in total. The molecule has 2 heteroatoms. The van der Waals surface area contributed by atoms with Crippen LogP contribution < -0.4 is 0 Å². The molecule has 0 aromatic carbocycles. The Hall–Kier alpha value is 0.250. The van der Waals surface area contributed by atoms with Gasteiger partial charge >= 0.3 is 0 Å². The van der Waals surface area contributed by atoms with E-state index in [9.17, 15) is 0 Å². The summed E-state index contributed by atoms with van der Waals surface area (Å²) < 4.78 is 1.81. The van der Waals surface area contributed by atoms with E-state index in [4.69, 9.17) is 11.8 Å². The van der Waals surface area contributed by atoms with Gasteiger partial charge in [0.25, 0.3) is 0 Å². The van der Waals surface area contributed by atoms with E-state index in [1.165, 1.54) is 0 Å². The number of hydrogen-bond donors (Lipinski definition) is 0. The van der Waals surface area contributed by atoms with Crippen molar-refractivity contribution in [3.63, 3.8) is 0 Å². The summed E-state index contributed by atoms with van der Waals surface area (Å²) in [4.78, 5) is 0. The highest BCUT2D eigenvalue weighted by Gasteiger charge is 2.38. The van der Waals surface area contributed by atoms with Crippen molar-refractivity contribution in [2.75, 3.05) is 0 Å². The summed E-state index contributed by atoms with van der Waals surface area (Å²) in [5, 5.41) is 0. The van der Waals surface area contributed by atoms with Crippen LogP contribution in [0.3, 0.4) is 0 Å². The minimum Gasteiger partial charge on any atom is -0.211 e. The maximum Gasteiger partial charge on any atom is 0.0393 e. The van der Waals surface area contributed by atoms with E-state index in [2.05, 4.69) is 13.8 Å². The first-order valence-corrected chi connectivity index (χ1v) is 2.51. The summed E-state index contributed by atoms with van der Waals surface area (Å²) in [6.07, 6.45) is 0. The van der Waals surface area contributed by atoms with Crippen LogP contribution in [0.15, 0.2) is 0 Å². The van der Waals surface area contributed by atoms with Gasteiger partial charge in [-0.05, 0) is 25.6 Å². The van der Waals surface area contributed by atoms with E-state index in [0.29, 0.717) is 12.1 Å². The van der Waals surface area contributed by atoms with Crippen LogP contribution in [0.4, 0.5) is 0 Å². The van der Waals surface area contributed by atoms with Crippen LogP contribution in [-0.2, 0) is 0 Å². The summed E-state index contributed by atoms with van der Waals surface area (Å²) in [6.45, 7) is 4.22. The van der Waals surface area contributed by atoms with Gasteiger partial charge in [-0.3, -0.25) is 0 Å². The van der Waals surface area contributed by atoms with Gasteiger partial charge in [0.15, 0.2) is 0 Å². The van der Waals surface area contributed by atoms with E-state index in [0.717, 1.165) is 0 Å². The van der Waals surface area contributed by atoms with Crippen LogP contribution in [0.25, 0.3) is 0 Å². The average molecular weight is 106 g/mol. The lowest BCUT2D eigenvalue weighted by atomic mass is 10.4. The lowest BCUT2D eigenvalue weighted by Crippen LogP contribution is -1.74. The molecule has 0 aromatic rings. The zero-order valence-corrected chi connectivity index (χ0v) is 4.74. The molecule has 0 amide bonds. The fourth-order valence-corrected chi connectivity index (χ4v) is 0.735. The highest BCUT2D eigenvalue weighted by atomic mass is 35.5. The molecule has 0 spiro atoms. The lowest BCUT2D eigenvalue weighted by Gasteiger charge is -1.72. The van der Waals surface area contributed by atoms with E-state index < -0.39 is 0 Å². The Kier molecular flexibility index (Phi) is 0.815. The third-order valence-corrected chi connectivity index (χ3v) is 2.00. The van der Waals surface area contributed by atoms with Crippen LogP contribution in [0.2, 0.25) is 0 Å². The van der Waals surface area contributed by atoms with Crippen molar-refractivity contribution in [2.24, 2.45) is 0 Å². The molecule has 0 aromatic heterocycles. The Morgan fingerprint density at radius 2 is 1.50 bits per heavy atom. The largest absolute Gasteiger partial charge is 0.211 e. The summed E-state index contributed by atoms with van der Waals surface area (Å²) in [6, 6.07) is 1.23. The van der Waals surface area contributed by atoms with Crippen molar-refractivity contribution in [3.05, 3.63) is 0 Å². The first kappa shape index (κ1) is 4.41. The Morgan fingerprint density at radius 3 is 1.50 bits per heavy atom. The van der Waals surface area contributed by atoms with E-state index in [1.807, 2.05) is 0 Å². The van der Waals surface area contributed by atoms with Crippen LogP contribution in [0.1, 0.15) is 13.8 Å². The van der Waals surface area contributed by atoms with E-state index in [-0.39, 0.29) is 0 Å². The van der Waals surface area contributed by atoms with E-state index in [1.54, 1.807) is 4.42 Å². The van der Waals surface area contributed by atoms with Crippen LogP contribution in [0, 0.1) is 0 Å². The molecule has 0 bridgehead atoms. The second kappa shape index (κ2) is 1.11. The summed E-state index contributed by atoms with van der Waals surface area (Å²) in [5.74, 6) is 0. The minimum absolute atomic E-state index is 0.617. The smallest absolute Gasteiger partial charge is 0.0393 e. The molecular weight excluding hydrogens is 97.5 g/mol. The molecule has 1 heterocycles. The monoisotopic (exact) mass is 105 g/mol. The van der Waals surface area contributed by atoms with E-state index >= 15 is 0 Å². The highest BCUT2D eigenvalue weighted by molar-refractivity contribution is 6.15. The molecule has 1 aliphatic rings. The van der Waals surface area contributed by atoms with Gasteiger partial charge in [-0.1, -0.05) is 0 Å². The van der Waals surface area contributed by atoms with Gasteiger partial charge in [0, 0.05) is 12.1 Å². The molecule has 1 rings (SSSR count). The Bertz CT molecular complexity index is 44.3. The van der Waals surface area contributed by atoms with Crippen molar-refractivity contribution in [1.82, 2.24) is 4.42 Å². The van der Waals surface area contributed by atoms with Crippen LogP contribution in [0.5, 0.6) is 0 Å². The zero-order valence-electron chi connectivity index (χ0n) is 3.98. The number of rotatable bonds is 0. The van der Waals surface area contributed by atoms with Crippen LogP contribution >= 0.6 is 11.8 Å². The molecule has 1 saturated heterocycles. The quantitative estimate of drug-likeness (QED) is 0.331. The topological polar surface area (TPSA) is 3.01 Å². The molecule has 0 N–H and O–H groups in total. The third kappa shape index (κ3) is 0.427. The minimum atomic E-state index is 0.617. The number of hydrogen-bond acceptors (Lipinski definition) is 1. The van der Waals surface area contributed by atoms with Gasteiger partial charge in [0.1, 0.15) is 0 Å². The van der Waals surface area contributed by atoms with Crippen molar-refractivity contribution >= 4 is 11.8 Å². The predicted octanol–water partition coefficient (Wildman–Crippen LogP) is 1.23. The first-order chi connectivity index (χ1) is 2.73. The molecule has 2 atom stereocenters. The maximum absolute atomic E-state index is 5.52. The molecule has 0 saturated carbocycles. The molecule has 0 unspecified atom stereocenters.